The number of hydrogen-bond acceptors (Lipinski definition) is 0. The monoisotopic (exact) mass is 183 g/mol. The van der Waals surface area contributed by atoms with Crippen LogP contribution in [0.3, 0.4) is 0 Å². The molecule has 1 heterocycles. The highest BCUT2D eigenvalue weighted by atomic mass is 35.5. The van der Waals surface area contributed by atoms with E-state index in [2.05, 4.69) is 31.0 Å². The van der Waals surface area contributed by atoms with Crippen LogP contribution in [0, 0.1) is 13.8 Å². The standard InChI is InChI=1S/C10H14ClN/c1-7(11)4-5-10-6-8(2)12-9(10)3/h4-7,12H,1-3H3/b5-4+. The number of alkyl halides is 1. The summed E-state index contributed by atoms with van der Waals surface area (Å²) in [5.74, 6) is 0. The fraction of sp³-hybridized carbons (Fsp3) is 0.400. The second kappa shape index (κ2) is 3.81. The minimum Gasteiger partial charge on any atom is -0.362 e. The van der Waals surface area contributed by atoms with Gasteiger partial charge in [-0.2, -0.15) is 0 Å². The molecule has 0 aliphatic carbocycles. The number of rotatable bonds is 2. The highest BCUT2D eigenvalue weighted by molar-refractivity contribution is 6.21. The molecule has 1 aromatic heterocycles. The summed E-state index contributed by atoms with van der Waals surface area (Å²) in [6.07, 6.45) is 4.04. The number of hydrogen-bond donors (Lipinski definition) is 1. The average Bonchev–Trinajstić information content (AvgIpc) is 2.26. The molecule has 2 heteroatoms. The van der Waals surface area contributed by atoms with Crippen molar-refractivity contribution in [3.05, 3.63) is 29.1 Å². The quantitative estimate of drug-likeness (QED) is 0.678. The first-order valence-electron chi connectivity index (χ1n) is 4.08. The number of aromatic nitrogens is 1. The Labute approximate surface area is 78.4 Å². The smallest absolute Gasteiger partial charge is 0.0491 e. The van der Waals surface area contributed by atoms with Crippen LogP contribution in [0.25, 0.3) is 6.08 Å². The molecule has 0 spiro atoms. The molecule has 0 radical (unpaired) electrons. The third-order valence-corrected chi connectivity index (χ3v) is 1.88. The molecule has 0 aliphatic rings. The Morgan fingerprint density at radius 2 is 2.17 bits per heavy atom. The lowest BCUT2D eigenvalue weighted by Crippen LogP contribution is -1.81. The predicted molar refractivity (Wildman–Crippen MR) is 54.6 cm³/mol. The summed E-state index contributed by atoms with van der Waals surface area (Å²) in [4.78, 5) is 3.24. The van der Waals surface area contributed by atoms with Crippen molar-refractivity contribution in [3.63, 3.8) is 0 Å². The van der Waals surface area contributed by atoms with E-state index in [1.165, 1.54) is 17.0 Å². The third-order valence-electron chi connectivity index (χ3n) is 1.73. The zero-order valence-electron chi connectivity index (χ0n) is 7.69. The SMILES string of the molecule is Cc1cc(/C=C/C(C)Cl)c(C)[nH]1. The fourth-order valence-electron chi connectivity index (χ4n) is 1.15. The van der Waals surface area contributed by atoms with Crippen LogP contribution >= 0.6 is 11.6 Å². The van der Waals surface area contributed by atoms with Crippen LogP contribution in [0.5, 0.6) is 0 Å². The van der Waals surface area contributed by atoms with Crippen molar-refractivity contribution in [3.8, 4) is 0 Å². The van der Waals surface area contributed by atoms with Crippen molar-refractivity contribution in [1.29, 1.82) is 0 Å². The molecule has 0 aromatic carbocycles. The zero-order valence-corrected chi connectivity index (χ0v) is 8.44. The molecule has 0 fully saturated rings. The van der Waals surface area contributed by atoms with E-state index in [0.29, 0.717) is 0 Å². The lowest BCUT2D eigenvalue weighted by atomic mass is 10.2. The first-order valence-corrected chi connectivity index (χ1v) is 4.51. The molecule has 1 rings (SSSR count). The predicted octanol–water partition coefficient (Wildman–Crippen LogP) is 3.27. The Balaban J connectivity index is 2.81. The molecule has 1 nitrogen and oxygen atoms in total. The van der Waals surface area contributed by atoms with Gasteiger partial charge in [0.2, 0.25) is 0 Å². The normalized spacial score (nSPS) is 14.0. The fourth-order valence-corrected chi connectivity index (χ4v) is 1.23. The molecule has 0 aliphatic heterocycles. The van der Waals surface area contributed by atoms with Gasteiger partial charge in [-0.1, -0.05) is 12.2 Å². The number of allylic oxidation sites excluding steroid dienone is 1. The molecule has 1 aromatic rings. The van der Waals surface area contributed by atoms with E-state index in [-0.39, 0.29) is 5.38 Å². The largest absolute Gasteiger partial charge is 0.362 e. The summed E-state index contributed by atoms with van der Waals surface area (Å²) in [6.45, 7) is 6.06. The molecule has 0 amide bonds. The van der Waals surface area contributed by atoms with Crippen molar-refractivity contribution >= 4 is 17.7 Å². The molecular formula is C10H14ClN. The number of H-pyrrole nitrogens is 1. The summed E-state index contributed by atoms with van der Waals surface area (Å²) in [5, 5.41) is 0.0969. The van der Waals surface area contributed by atoms with Crippen LogP contribution in [0.2, 0.25) is 0 Å². The summed E-state index contributed by atoms with van der Waals surface area (Å²) in [6, 6.07) is 2.12. The lowest BCUT2D eigenvalue weighted by Gasteiger charge is -1.91. The Kier molecular flexibility index (Phi) is 2.99. The van der Waals surface area contributed by atoms with Gasteiger partial charge in [-0.15, -0.1) is 11.6 Å². The maximum atomic E-state index is 5.79. The molecule has 0 bridgehead atoms. The summed E-state index contributed by atoms with van der Waals surface area (Å²) < 4.78 is 0. The highest BCUT2D eigenvalue weighted by Gasteiger charge is 1.97. The van der Waals surface area contributed by atoms with Crippen LogP contribution in [0.15, 0.2) is 12.1 Å². The summed E-state index contributed by atoms with van der Waals surface area (Å²) in [5.41, 5.74) is 3.61. The van der Waals surface area contributed by atoms with Gasteiger partial charge in [0.05, 0.1) is 0 Å². The summed E-state index contributed by atoms with van der Waals surface area (Å²) in [7, 11) is 0. The van der Waals surface area contributed by atoms with Gasteiger partial charge in [-0.25, -0.2) is 0 Å². The zero-order chi connectivity index (χ0) is 9.14. The van der Waals surface area contributed by atoms with Crippen molar-refractivity contribution < 1.29 is 0 Å². The maximum absolute atomic E-state index is 5.79. The van der Waals surface area contributed by atoms with E-state index < -0.39 is 0 Å². The van der Waals surface area contributed by atoms with Crippen LogP contribution in [0.4, 0.5) is 0 Å². The van der Waals surface area contributed by atoms with Gasteiger partial charge in [0, 0.05) is 16.8 Å². The van der Waals surface area contributed by atoms with Crippen molar-refractivity contribution in [2.24, 2.45) is 0 Å². The first kappa shape index (κ1) is 9.40. The minimum absolute atomic E-state index is 0.0969. The number of aryl methyl sites for hydroxylation is 2. The van der Waals surface area contributed by atoms with Crippen molar-refractivity contribution in [2.75, 3.05) is 0 Å². The maximum Gasteiger partial charge on any atom is 0.0491 e. The van der Waals surface area contributed by atoms with Crippen LogP contribution in [-0.4, -0.2) is 10.4 Å². The summed E-state index contributed by atoms with van der Waals surface area (Å²) >= 11 is 5.79. The van der Waals surface area contributed by atoms with E-state index >= 15 is 0 Å². The van der Waals surface area contributed by atoms with Gasteiger partial charge in [0.25, 0.3) is 0 Å². The Morgan fingerprint density at radius 3 is 2.58 bits per heavy atom. The van der Waals surface area contributed by atoms with Gasteiger partial charge in [0.1, 0.15) is 0 Å². The van der Waals surface area contributed by atoms with Crippen LogP contribution in [-0.2, 0) is 0 Å². The molecule has 1 unspecified atom stereocenters. The van der Waals surface area contributed by atoms with Gasteiger partial charge in [-0.05, 0) is 32.4 Å². The number of halogens is 1. The van der Waals surface area contributed by atoms with Gasteiger partial charge >= 0.3 is 0 Å². The molecular weight excluding hydrogens is 170 g/mol. The topological polar surface area (TPSA) is 15.8 Å². The molecule has 66 valence electrons. The molecule has 0 saturated heterocycles. The second-order valence-corrected chi connectivity index (χ2v) is 3.76. The van der Waals surface area contributed by atoms with Gasteiger partial charge < -0.3 is 4.98 Å². The van der Waals surface area contributed by atoms with Crippen molar-refractivity contribution in [1.82, 2.24) is 4.98 Å². The van der Waals surface area contributed by atoms with E-state index in [1.807, 2.05) is 13.0 Å². The lowest BCUT2D eigenvalue weighted by molar-refractivity contribution is 1.18. The number of aromatic amines is 1. The minimum atomic E-state index is 0.0969. The first-order chi connectivity index (χ1) is 5.59. The van der Waals surface area contributed by atoms with Crippen LogP contribution < -0.4 is 0 Å². The van der Waals surface area contributed by atoms with Crippen LogP contribution in [0.1, 0.15) is 23.9 Å². The molecule has 12 heavy (non-hydrogen) atoms. The van der Waals surface area contributed by atoms with E-state index in [1.54, 1.807) is 0 Å². The van der Waals surface area contributed by atoms with Gasteiger partial charge in [0.15, 0.2) is 0 Å². The molecule has 1 N–H and O–H groups in total. The Hall–Kier alpha value is -0.690. The van der Waals surface area contributed by atoms with E-state index in [9.17, 15) is 0 Å². The Bertz CT molecular complexity index is 284. The number of nitrogens with one attached hydrogen (secondary N) is 1. The average molecular weight is 184 g/mol. The molecule has 0 saturated carbocycles. The van der Waals surface area contributed by atoms with Gasteiger partial charge in [-0.3, -0.25) is 0 Å². The van der Waals surface area contributed by atoms with E-state index in [0.717, 1.165) is 0 Å². The second-order valence-electron chi connectivity index (χ2n) is 3.07. The Morgan fingerprint density at radius 1 is 1.50 bits per heavy atom. The van der Waals surface area contributed by atoms with E-state index in [4.69, 9.17) is 11.6 Å². The molecule has 1 atom stereocenters. The van der Waals surface area contributed by atoms with Crippen molar-refractivity contribution in [2.45, 2.75) is 26.1 Å². The third kappa shape index (κ3) is 2.42. The highest BCUT2D eigenvalue weighted by Crippen LogP contribution is 2.12.